The molecule has 0 bridgehead atoms. The normalized spacial score (nSPS) is 14.3. The molecule has 1 unspecified atom stereocenters. The number of carbonyl (C=O) groups excluding carboxylic acids is 1. The van der Waals surface area contributed by atoms with Crippen LogP contribution in [0.4, 0.5) is 20.4 Å². The number of nitrogens with one attached hydrogen (secondary N) is 2. The molecule has 1 aliphatic heterocycles. The van der Waals surface area contributed by atoms with E-state index in [0.717, 1.165) is 5.56 Å². The van der Waals surface area contributed by atoms with E-state index in [1.807, 2.05) is 30.3 Å². The van der Waals surface area contributed by atoms with Gasteiger partial charge >= 0.3 is 6.29 Å². The van der Waals surface area contributed by atoms with Crippen LogP contribution in [0.1, 0.15) is 27.7 Å². The molecule has 4 aromatic rings. The van der Waals surface area contributed by atoms with Crippen molar-refractivity contribution < 1.29 is 28.2 Å². The highest BCUT2D eigenvalue weighted by Crippen LogP contribution is 2.42. The van der Waals surface area contributed by atoms with Gasteiger partial charge in [0.15, 0.2) is 11.5 Å². The third kappa shape index (κ3) is 4.79. The highest BCUT2D eigenvalue weighted by Gasteiger charge is 2.43. The van der Waals surface area contributed by atoms with E-state index in [1.165, 1.54) is 30.7 Å². The van der Waals surface area contributed by atoms with E-state index in [2.05, 4.69) is 35.1 Å². The Morgan fingerprint density at radius 3 is 2.69 bits per heavy atom. The molecule has 1 amide bonds. The maximum atomic E-state index is 13.3. The summed E-state index contributed by atoms with van der Waals surface area (Å²) in [5, 5.41) is 15.4. The van der Waals surface area contributed by atoms with Crippen molar-refractivity contribution in [3.05, 3.63) is 84.1 Å². The number of alkyl halides is 2. The maximum Gasteiger partial charge on any atom is 0.586 e. The number of anilines is 2. The molecular formula is C24H20F2N6O4. The highest BCUT2D eigenvalue weighted by molar-refractivity contribution is 5.92. The van der Waals surface area contributed by atoms with Gasteiger partial charge < -0.3 is 25.2 Å². The maximum absolute atomic E-state index is 13.3. The first-order chi connectivity index (χ1) is 17.3. The van der Waals surface area contributed by atoms with Crippen molar-refractivity contribution >= 4 is 17.5 Å². The zero-order valence-electron chi connectivity index (χ0n) is 18.9. The number of ether oxygens (including phenoxy) is 2. The van der Waals surface area contributed by atoms with Crippen molar-refractivity contribution in [3.8, 4) is 17.3 Å². The molecular weight excluding hydrogens is 474 g/mol. The minimum absolute atomic E-state index is 0.0732. The monoisotopic (exact) mass is 494 g/mol. The number of carbonyl (C=O) groups is 1. The van der Waals surface area contributed by atoms with Crippen molar-refractivity contribution in [1.29, 1.82) is 0 Å². The van der Waals surface area contributed by atoms with Crippen molar-refractivity contribution in [1.82, 2.24) is 24.8 Å². The molecule has 5 rings (SSSR count). The van der Waals surface area contributed by atoms with Gasteiger partial charge in [0.2, 0.25) is 5.95 Å². The first-order valence-corrected chi connectivity index (χ1v) is 10.8. The Morgan fingerprint density at radius 2 is 1.92 bits per heavy atom. The number of aromatic nitrogens is 4. The molecule has 3 heterocycles. The number of fused-ring (bicyclic) bond motifs is 1. The summed E-state index contributed by atoms with van der Waals surface area (Å²) in [5.41, 5.74) is 2.01. The zero-order chi connectivity index (χ0) is 25.3. The van der Waals surface area contributed by atoms with Crippen LogP contribution in [0.25, 0.3) is 5.82 Å². The van der Waals surface area contributed by atoms with Crippen LogP contribution in [-0.4, -0.2) is 43.4 Å². The van der Waals surface area contributed by atoms with E-state index in [0.29, 0.717) is 17.1 Å². The molecule has 1 aliphatic rings. The van der Waals surface area contributed by atoms with Gasteiger partial charge in [-0.2, -0.15) is 4.98 Å². The SMILES string of the molecule is Cc1cnc(Nc2ccc3c(c2)OC(F)(F)O3)nc1-n1cnc(C(=O)NC(CO)c2ccccc2)c1. The van der Waals surface area contributed by atoms with Gasteiger partial charge in [-0.3, -0.25) is 9.36 Å². The lowest BCUT2D eigenvalue weighted by atomic mass is 10.1. The highest BCUT2D eigenvalue weighted by atomic mass is 19.3. The summed E-state index contributed by atoms with van der Waals surface area (Å²) in [4.78, 5) is 25.6. The van der Waals surface area contributed by atoms with Crippen molar-refractivity contribution in [3.63, 3.8) is 0 Å². The predicted octanol–water partition coefficient (Wildman–Crippen LogP) is 3.50. The summed E-state index contributed by atoms with van der Waals surface area (Å²) in [6.07, 6.45) is 0.810. The predicted molar refractivity (Wildman–Crippen MR) is 124 cm³/mol. The molecule has 184 valence electrons. The number of aryl methyl sites for hydroxylation is 1. The molecule has 0 saturated carbocycles. The summed E-state index contributed by atoms with van der Waals surface area (Å²) in [6, 6.07) is 12.8. The van der Waals surface area contributed by atoms with Crippen LogP contribution in [0.3, 0.4) is 0 Å². The Morgan fingerprint density at radius 1 is 1.14 bits per heavy atom. The van der Waals surface area contributed by atoms with E-state index in [-0.39, 0.29) is 29.7 Å². The van der Waals surface area contributed by atoms with Crippen LogP contribution >= 0.6 is 0 Å². The lowest BCUT2D eigenvalue weighted by Crippen LogP contribution is -2.31. The quantitative estimate of drug-likeness (QED) is 0.357. The minimum atomic E-state index is -3.71. The fourth-order valence-corrected chi connectivity index (χ4v) is 3.62. The van der Waals surface area contributed by atoms with E-state index < -0.39 is 18.2 Å². The smallest absolute Gasteiger partial charge is 0.395 e. The average molecular weight is 494 g/mol. The topological polar surface area (TPSA) is 123 Å². The molecule has 12 heteroatoms. The van der Waals surface area contributed by atoms with E-state index >= 15 is 0 Å². The number of hydrogen-bond acceptors (Lipinski definition) is 8. The van der Waals surface area contributed by atoms with Gasteiger partial charge in [0.05, 0.1) is 12.6 Å². The van der Waals surface area contributed by atoms with Gasteiger partial charge in [0, 0.05) is 29.7 Å². The van der Waals surface area contributed by atoms with Gasteiger partial charge in [0.25, 0.3) is 5.91 Å². The van der Waals surface area contributed by atoms with Crippen LogP contribution < -0.4 is 20.1 Å². The third-order valence-corrected chi connectivity index (χ3v) is 5.35. The van der Waals surface area contributed by atoms with Crippen LogP contribution in [0.5, 0.6) is 11.5 Å². The summed E-state index contributed by atoms with van der Waals surface area (Å²) >= 11 is 0. The molecule has 3 N–H and O–H groups in total. The minimum Gasteiger partial charge on any atom is -0.395 e. The van der Waals surface area contributed by atoms with E-state index in [9.17, 15) is 18.7 Å². The molecule has 0 spiro atoms. The van der Waals surface area contributed by atoms with Gasteiger partial charge in [-0.15, -0.1) is 8.78 Å². The molecule has 1 atom stereocenters. The number of amides is 1. The van der Waals surface area contributed by atoms with Crippen LogP contribution in [0.15, 0.2) is 67.3 Å². The number of nitrogens with zero attached hydrogens (tertiary/aromatic N) is 4. The lowest BCUT2D eigenvalue weighted by Gasteiger charge is -2.15. The van der Waals surface area contributed by atoms with Crippen LogP contribution in [-0.2, 0) is 0 Å². The number of aliphatic hydroxyl groups is 1. The fraction of sp³-hybridized carbons (Fsp3) is 0.167. The van der Waals surface area contributed by atoms with Crippen molar-refractivity contribution in [2.24, 2.45) is 0 Å². The zero-order valence-corrected chi connectivity index (χ0v) is 18.9. The summed E-state index contributed by atoms with van der Waals surface area (Å²) in [6.45, 7) is 1.52. The first kappa shape index (κ1) is 23.2. The van der Waals surface area contributed by atoms with Crippen molar-refractivity contribution in [2.75, 3.05) is 11.9 Å². The molecule has 2 aromatic carbocycles. The molecule has 0 fully saturated rings. The summed E-state index contributed by atoms with van der Waals surface area (Å²) < 4.78 is 37.0. The molecule has 0 aliphatic carbocycles. The standard InChI is InChI=1S/C24H20F2N6O4/c1-14-10-27-23(29-16-7-8-19-20(9-16)36-24(25,26)35-19)31-21(14)32-11-17(28-13-32)22(34)30-18(12-33)15-5-3-2-4-6-15/h2-11,13,18,33H,12H2,1H3,(H,30,34)(H,27,29,31). The fourth-order valence-electron chi connectivity index (χ4n) is 3.62. The van der Waals surface area contributed by atoms with Gasteiger partial charge in [0.1, 0.15) is 17.8 Å². The van der Waals surface area contributed by atoms with Gasteiger partial charge in [-0.1, -0.05) is 30.3 Å². The Hall–Kier alpha value is -4.58. The second kappa shape index (κ2) is 9.23. The second-order valence-corrected chi connectivity index (χ2v) is 7.94. The molecule has 0 radical (unpaired) electrons. The van der Waals surface area contributed by atoms with E-state index in [1.54, 1.807) is 17.7 Å². The molecule has 10 nitrogen and oxygen atoms in total. The van der Waals surface area contributed by atoms with Gasteiger partial charge in [-0.05, 0) is 24.6 Å². The molecule has 2 aromatic heterocycles. The van der Waals surface area contributed by atoms with Crippen LogP contribution in [0, 0.1) is 6.92 Å². The Labute approximate surface area is 203 Å². The first-order valence-electron chi connectivity index (χ1n) is 10.8. The van der Waals surface area contributed by atoms with Crippen molar-refractivity contribution in [2.45, 2.75) is 19.3 Å². The largest absolute Gasteiger partial charge is 0.586 e. The van der Waals surface area contributed by atoms with Crippen LogP contribution in [0.2, 0.25) is 0 Å². The number of hydrogen-bond donors (Lipinski definition) is 3. The third-order valence-electron chi connectivity index (χ3n) is 5.35. The van der Waals surface area contributed by atoms with Gasteiger partial charge in [-0.25, -0.2) is 9.97 Å². The second-order valence-electron chi connectivity index (χ2n) is 7.94. The number of benzene rings is 2. The number of halogens is 2. The lowest BCUT2D eigenvalue weighted by molar-refractivity contribution is -0.286. The Kier molecular flexibility index (Phi) is 5.94. The number of rotatable bonds is 7. The van der Waals surface area contributed by atoms with E-state index in [4.69, 9.17) is 0 Å². The Balaban J connectivity index is 1.33. The Bertz CT molecular complexity index is 1410. The average Bonchev–Trinajstić information content (AvgIpc) is 3.47. The number of imidazole rings is 1. The molecule has 0 saturated heterocycles. The summed E-state index contributed by atoms with van der Waals surface area (Å²) in [7, 11) is 0. The number of aliphatic hydroxyl groups excluding tert-OH is 1. The summed E-state index contributed by atoms with van der Waals surface area (Å²) in [5.74, 6) is -0.00686. The molecule has 36 heavy (non-hydrogen) atoms.